The summed E-state index contributed by atoms with van der Waals surface area (Å²) in [5.41, 5.74) is 0.797. The molecule has 1 N–H and O–H groups in total. The fraction of sp³-hybridized carbons (Fsp3) is 0.368. The second-order valence-electron chi connectivity index (χ2n) is 6.18. The largest absolute Gasteiger partial charge is 0.459 e. The maximum atomic E-state index is 12.3. The van der Waals surface area contributed by atoms with Gasteiger partial charge in [0, 0.05) is 39.8 Å². The van der Waals surface area contributed by atoms with E-state index in [4.69, 9.17) is 4.42 Å². The average molecular weight is 392 g/mol. The Balaban J connectivity index is 1.52. The van der Waals surface area contributed by atoms with Gasteiger partial charge in [-0.05, 0) is 29.8 Å². The third-order valence-corrected chi connectivity index (χ3v) is 4.38. The molecule has 28 heavy (non-hydrogen) atoms. The molecule has 1 fully saturated rings. The third-order valence-electron chi connectivity index (χ3n) is 4.38. The molecule has 1 aromatic heterocycles. The van der Waals surface area contributed by atoms with Crippen molar-refractivity contribution in [3.8, 4) is 5.75 Å². The highest BCUT2D eigenvalue weighted by Crippen LogP contribution is 2.16. The van der Waals surface area contributed by atoms with E-state index in [-0.39, 0.29) is 11.7 Å². The van der Waals surface area contributed by atoms with E-state index in [1.807, 2.05) is 11.0 Å². The zero-order valence-electron chi connectivity index (χ0n) is 15.5. The normalized spacial score (nSPS) is 15.1. The standard InChI is InChI=1S/C19H22F2N4O3/c1-22-19(23-13-14-4-2-5-15(12-14)28-18(20)21)25-9-7-24(8-10-25)17(26)16-6-3-11-27-16/h2-6,11-12,18H,7-10,13H2,1H3,(H,22,23). The zero-order valence-corrected chi connectivity index (χ0v) is 15.5. The Kier molecular flexibility index (Phi) is 6.46. The summed E-state index contributed by atoms with van der Waals surface area (Å²) in [6, 6.07) is 9.87. The van der Waals surface area contributed by atoms with Gasteiger partial charge in [-0.2, -0.15) is 8.78 Å². The van der Waals surface area contributed by atoms with Crippen LogP contribution in [0.2, 0.25) is 0 Å². The molecule has 0 saturated carbocycles. The number of carbonyl (C=O) groups excluding carboxylic acids is 1. The van der Waals surface area contributed by atoms with Crippen LogP contribution in [0.5, 0.6) is 5.75 Å². The van der Waals surface area contributed by atoms with Gasteiger partial charge in [-0.3, -0.25) is 9.79 Å². The summed E-state index contributed by atoms with van der Waals surface area (Å²) in [4.78, 5) is 20.4. The number of benzene rings is 1. The van der Waals surface area contributed by atoms with Crippen LogP contribution in [-0.2, 0) is 6.54 Å². The molecule has 7 nitrogen and oxygen atoms in total. The van der Waals surface area contributed by atoms with Gasteiger partial charge >= 0.3 is 6.61 Å². The summed E-state index contributed by atoms with van der Waals surface area (Å²) in [6.45, 7) is -0.0771. The average Bonchev–Trinajstić information content (AvgIpc) is 3.23. The number of alkyl halides is 2. The SMILES string of the molecule is CN=C(NCc1cccc(OC(F)F)c1)N1CCN(C(=O)c2ccco2)CC1. The van der Waals surface area contributed by atoms with E-state index in [1.165, 1.54) is 12.3 Å². The lowest BCUT2D eigenvalue weighted by atomic mass is 10.2. The zero-order chi connectivity index (χ0) is 19.9. The number of nitrogens with zero attached hydrogens (tertiary/aromatic N) is 3. The molecule has 3 rings (SSSR count). The van der Waals surface area contributed by atoms with Crippen LogP contribution >= 0.6 is 0 Å². The van der Waals surface area contributed by atoms with E-state index in [2.05, 4.69) is 15.0 Å². The summed E-state index contributed by atoms with van der Waals surface area (Å²) < 4.78 is 34.3. The highest BCUT2D eigenvalue weighted by molar-refractivity contribution is 5.91. The summed E-state index contributed by atoms with van der Waals surface area (Å²) in [5.74, 6) is 1.02. The van der Waals surface area contributed by atoms with Crippen molar-refractivity contribution in [3.05, 3.63) is 54.0 Å². The number of ether oxygens (including phenoxy) is 1. The number of carbonyl (C=O) groups is 1. The minimum Gasteiger partial charge on any atom is -0.459 e. The van der Waals surface area contributed by atoms with Gasteiger partial charge in [-0.15, -0.1) is 0 Å². The summed E-state index contributed by atoms with van der Waals surface area (Å²) in [5, 5.41) is 3.22. The van der Waals surface area contributed by atoms with Crippen LogP contribution in [0.25, 0.3) is 0 Å². The molecule has 1 aromatic carbocycles. The summed E-state index contributed by atoms with van der Waals surface area (Å²) in [7, 11) is 1.68. The molecule has 0 atom stereocenters. The Morgan fingerprint density at radius 3 is 2.61 bits per heavy atom. The first-order chi connectivity index (χ1) is 13.6. The molecule has 0 radical (unpaired) electrons. The second kappa shape index (κ2) is 9.20. The van der Waals surface area contributed by atoms with Crippen molar-refractivity contribution in [1.82, 2.24) is 15.1 Å². The number of guanidine groups is 1. The Hall–Kier alpha value is -3.10. The number of hydrogen-bond donors (Lipinski definition) is 1. The molecule has 0 aliphatic carbocycles. The molecule has 0 bridgehead atoms. The minimum atomic E-state index is -2.85. The minimum absolute atomic E-state index is 0.120. The highest BCUT2D eigenvalue weighted by atomic mass is 19.3. The number of hydrogen-bond acceptors (Lipinski definition) is 4. The molecule has 1 amide bonds. The lowest BCUT2D eigenvalue weighted by Gasteiger charge is -2.36. The predicted octanol–water partition coefficient (Wildman–Crippen LogP) is 2.41. The monoisotopic (exact) mass is 392 g/mol. The molecule has 9 heteroatoms. The first-order valence-corrected chi connectivity index (χ1v) is 8.89. The first kappa shape index (κ1) is 19.7. The van der Waals surface area contributed by atoms with Crippen LogP contribution in [-0.4, -0.2) is 61.5 Å². The fourth-order valence-electron chi connectivity index (χ4n) is 3.02. The maximum absolute atomic E-state index is 12.3. The molecule has 0 spiro atoms. The lowest BCUT2D eigenvalue weighted by Crippen LogP contribution is -2.53. The Labute approximate surface area is 161 Å². The maximum Gasteiger partial charge on any atom is 0.387 e. The van der Waals surface area contributed by atoms with E-state index in [0.29, 0.717) is 44.4 Å². The number of aliphatic imine (C=N–C) groups is 1. The van der Waals surface area contributed by atoms with Crippen molar-refractivity contribution in [2.45, 2.75) is 13.2 Å². The predicted molar refractivity (Wildman–Crippen MR) is 99.5 cm³/mol. The second-order valence-corrected chi connectivity index (χ2v) is 6.18. The number of furan rings is 1. The van der Waals surface area contributed by atoms with Gasteiger partial charge < -0.3 is 24.3 Å². The molecule has 0 unspecified atom stereocenters. The summed E-state index contributed by atoms with van der Waals surface area (Å²) in [6.07, 6.45) is 1.48. The van der Waals surface area contributed by atoms with Crippen molar-refractivity contribution >= 4 is 11.9 Å². The van der Waals surface area contributed by atoms with Crippen LogP contribution in [0, 0.1) is 0 Å². The quantitative estimate of drug-likeness (QED) is 0.625. The van der Waals surface area contributed by atoms with Gasteiger partial charge in [0.25, 0.3) is 5.91 Å². The number of amides is 1. The first-order valence-electron chi connectivity index (χ1n) is 8.89. The van der Waals surface area contributed by atoms with Gasteiger partial charge in [-0.25, -0.2) is 0 Å². The van der Waals surface area contributed by atoms with Crippen LogP contribution in [0.15, 0.2) is 52.1 Å². The molecular formula is C19H22F2N4O3. The van der Waals surface area contributed by atoms with Gasteiger partial charge in [0.1, 0.15) is 5.75 Å². The number of piperazine rings is 1. The van der Waals surface area contributed by atoms with Crippen molar-refractivity contribution < 1.29 is 22.7 Å². The van der Waals surface area contributed by atoms with Gasteiger partial charge in [0.15, 0.2) is 11.7 Å². The molecule has 2 aromatic rings. The number of nitrogens with one attached hydrogen (secondary N) is 1. The molecule has 1 aliphatic rings. The van der Waals surface area contributed by atoms with E-state index in [9.17, 15) is 13.6 Å². The van der Waals surface area contributed by atoms with Crippen molar-refractivity contribution in [2.75, 3.05) is 33.2 Å². The van der Waals surface area contributed by atoms with E-state index in [0.717, 1.165) is 5.56 Å². The molecule has 150 valence electrons. The van der Waals surface area contributed by atoms with Crippen LogP contribution in [0.1, 0.15) is 16.1 Å². The van der Waals surface area contributed by atoms with E-state index in [1.54, 1.807) is 36.2 Å². The highest BCUT2D eigenvalue weighted by Gasteiger charge is 2.25. The van der Waals surface area contributed by atoms with Gasteiger partial charge in [0.2, 0.25) is 0 Å². The fourth-order valence-corrected chi connectivity index (χ4v) is 3.02. The molecule has 1 aliphatic heterocycles. The molecule has 1 saturated heterocycles. The summed E-state index contributed by atoms with van der Waals surface area (Å²) >= 11 is 0. The third kappa shape index (κ3) is 4.99. The Morgan fingerprint density at radius 1 is 1.21 bits per heavy atom. The van der Waals surface area contributed by atoms with Crippen molar-refractivity contribution in [1.29, 1.82) is 0 Å². The Morgan fingerprint density at radius 2 is 1.96 bits per heavy atom. The molecular weight excluding hydrogens is 370 g/mol. The van der Waals surface area contributed by atoms with Crippen molar-refractivity contribution in [3.63, 3.8) is 0 Å². The Bertz CT molecular complexity index is 803. The van der Waals surface area contributed by atoms with E-state index >= 15 is 0 Å². The van der Waals surface area contributed by atoms with Crippen molar-refractivity contribution in [2.24, 2.45) is 4.99 Å². The lowest BCUT2D eigenvalue weighted by molar-refractivity contribution is -0.0498. The topological polar surface area (TPSA) is 70.3 Å². The van der Waals surface area contributed by atoms with Crippen LogP contribution < -0.4 is 10.1 Å². The van der Waals surface area contributed by atoms with E-state index < -0.39 is 6.61 Å². The molecule has 2 heterocycles. The number of rotatable bonds is 5. The van der Waals surface area contributed by atoms with Gasteiger partial charge in [-0.1, -0.05) is 12.1 Å². The smallest absolute Gasteiger partial charge is 0.387 e. The van der Waals surface area contributed by atoms with Gasteiger partial charge in [0.05, 0.1) is 6.26 Å². The number of halogens is 2. The van der Waals surface area contributed by atoms with Crippen LogP contribution in [0.3, 0.4) is 0 Å². The van der Waals surface area contributed by atoms with Crippen LogP contribution in [0.4, 0.5) is 8.78 Å².